The summed E-state index contributed by atoms with van der Waals surface area (Å²) in [6, 6.07) is 7.31. The number of aryl methyl sites for hydroxylation is 1. The van der Waals surface area contributed by atoms with Gasteiger partial charge in [0.1, 0.15) is 0 Å². The standard InChI is InChI=1S/C15H21N/c1-12-6-5-8-14(13(12)2)7-3-4-11-16-15-9-10-15/h3,5-8,15-16H,4,9-11H2,1-2H3. The molecule has 1 saturated carbocycles. The van der Waals surface area contributed by atoms with Crippen molar-refractivity contribution in [3.63, 3.8) is 0 Å². The Morgan fingerprint density at radius 3 is 2.88 bits per heavy atom. The van der Waals surface area contributed by atoms with Gasteiger partial charge in [-0.25, -0.2) is 0 Å². The maximum atomic E-state index is 3.52. The zero-order chi connectivity index (χ0) is 11.4. The maximum Gasteiger partial charge on any atom is 0.00683 e. The minimum atomic E-state index is 0.828. The molecule has 86 valence electrons. The average Bonchev–Trinajstić information content (AvgIpc) is 3.07. The molecule has 1 heteroatoms. The van der Waals surface area contributed by atoms with Crippen LogP contribution in [-0.4, -0.2) is 12.6 Å². The summed E-state index contributed by atoms with van der Waals surface area (Å²) in [5.74, 6) is 0. The second-order valence-corrected chi connectivity index (χ2v) is 4.71. The highest BCUT2D eigenvalue weighted by molar-refractivity contribution is 5.55. The third-order valence-electron chi connectivity index (χ3n) is 3.27. The zero-order valence-electron chi connectivity index (χ0n) is 10.3. The van der Waals surface area contributed by atoms with Gasteiger partial charge in [0, 0.05) is 6.04 Å². The summed E-state index contributed by atoms with van der Waals surface area (Å²) >= 11 is 0. The van der Waals surface area contributed by atoms with Crippen LogP contribution in [0.5, 0.6) is 0 Å². The highest BCUT2D eigenvalue weighted by Gasteiger charge is 2.19. The second-order valence-electron chi connectivity index (χ2n) is 4.71. The Morgan fingerprint density at radius 2 is 2.12 bits per heavy atom. The molecule has 0 radical (unpaired) electrons. The van der Waals surface area contributed by atoms with E-state index in [-0.39, 0.29) is 0 Å². The lowest BCUT2D eigenvalue weighted by Gasteiger charge is -2.03. The number of nitrogens with one attached hydrogen (secondary N) is 1. The van der Waals surface area contributed by atoms with E-state index in [1.54, 1.807) is 0 Å². The molecule has 1 aromatic carbocycles. The van der Waals surface area contributed by atoms with Crippen molar-refractivity contribution in [2.45, 2.75) is 39.2 Å². The first-order valence-corrected chi connectivity index (χ1v) is 6.23. The van der Waals surface area contributed by atoms with Crippen LogP contribution in [0.1, 0.15) is 36.0 Å². The molecule has 0 bridgehead atoms. The van der Waals surface area contributed by atoms with Crippen molar-refractivity contribution in [3.05, 3.63) is 41.0 Å². The number of hydrogen-bond acceptors (Lipinski definition) is 1. The molecule has 16 heavy (non-hydrogen) atoms. The second kappa shape index (κ2) is 5.31. The van der Waals surface area contributed by atoms with E-state index in [1.807, 2.05) is 0 Å². The van der Waals surface area contributed by atoms with Crippen LogP contribution < -0.4 is 5.32 Å². The Bertz CT molecular complexity index is 375. The smallest absolute Gasteiger partial charge is 0.00683 e. The average molecular weight is 215 g/mol. The lowest BCUT2D eigenvalue weighted by molar-refractivity contribution is 0.691. The summed E-state index contributed by atoms with van der Waals surface area (Å²) in [5, 5.41) is 3.52. The van der Waals surface area contributed by atoms with Gasteiger partial charge < -0.3 is 5.32 Å². The SMILES string of the molecule is Cc1cccc(C=CCCNC2CC2)c1C. The summed E-state index contributed by atoms with van der Waals surface area (Å²) in [4.78, 5) is 0. The molecule has 1 aliphatic carbocycles. The fourth-order valence-corrected chi connectivity index (χ4v) is 1.82. The highest BCUT2D eigenvalue weighted by atomic mass is 14.9. The van der Waals surface area contributed by atoms with Crippen molar-refractivity contribution in [3.8, 4) is 0 Å². The van der Waals surface area contributed by atoms with Crippen molar-refractivity contribution in [2.75, 3.05) is 6.54 Å². The molecule has 1 N–H and O–H groups in total. The van der Waals surface area contributed by atoms with Crippen molar-refractivity contribution in [1.82, 2.24) is 5.32 Å². The molecule has 0 aromatic heterocycles. The van der Waals surface area contributed by atoms with Gasteiger partial charge in [-0.3, -0.25) is 0 Å². The molecular weight excluding hydrogens is 194 g/mol. The van der Waals surface area contributed by atoms with Gasteiger partial charge in [-0.15, -0.1) is 0 Å². The normalized spacial score (nSPS) is 15.9. The summed E-state index contributed by atoms with van der Waals surface area (Å²) in [6.07, 6.45) is 8.40. The fraction of sp³-hybridized carbons (Fsp3) is 0.467. The van der Waals surface area contributed by atoms with Crippen LogP contribution >= 0.6 is 0 Å². The molecular formula is C15H21N. The predicted molar refractivity (Wildman–Crippen MR) is 70.6 cm³/mol. The third-order valence-corrected chi connectivity index (χ3v) is 3.27. The molecule has 0 aliphatic heterocycles. The predicted octanol–water partition coefficient (Wildman–Crippen LogP) is 3.46. The van der Waals surface area contributed by atoms with E-state index in [2.05, 4.69) is 49.5 Å². The van der Waals surface area contributed by atoms with Gasteiger partial charge in [0.25, 0.3) is 0 Å². The van der Waals surface area contributed by atoms with Gasteiger partial charge >= 0.3 is 0 Å². The molecule has 0 unspecified atom stereocenters. The van der Waals surface area contributed by atoms with Crippen LogP contribution in [-0.2, 0) is 0 Å². The van der Waals surface area contributed by atoms with Crippen molar-refractivity contribution < 1.29 is 0 Å². The van der Waals surface area contributed by atoms with E-state index < -0.39 is 0 Å². The molecule has 0 spiro atoms. The molecule has 1 fully saturated rings. The lowest BCUT2D eigenvalue weighted by atomic mass is 10.0. The third kappa shape index (κ3) is 3.21. The van der Waals surface area contributed by atoms with Crippen LogP contribution in [0.3, 0.4) is 0 Å². The molecule has 0 heterocycles. The van der Waals surface area contributed by atoms with E-state index in [0.29, 0.717) is 0 Å². The Labute approximate surface area is 98.6 Å². The molecule has 0 saturated heterocycles. The first-order chi connectivity index (χ1) is 7.77. The Kier molecular flexibility index (Phi) is 3.79. The largest absolute Gasteiger partial charge is 0.314 e. The minimum absolute atomic E-state index is 0.828. The Morgan fingerprint density at radius 1 is 1.31 bits per heavy atom. The van der Waals surface area contributed by atoms with E-state index in [1.165, 1.54) is 29.5 Å². The number of benzene rings is 1. The molecule has 0 amide bonds. The fourth-order valence-electron chi connectivity index (χ4n) is 1.82. The van der Waals surface area contributed by atoms with Crippen molar-refractivity contribution in [2.24, 2.45) is 0 Å². The lowest BCUT2D eigenvalue weighted by Crippen LogP contribution is -2.16. The van der Waals surface area contributed by atoms with E-state index >= 15 is 0 Å². The summed E-state index contributed by atoms with van der Waals surface area (Å²) < 4.78 is 0. The monoisotopic (exact) mass is 215 g/mol. The van der Waals surface area contributed by atoms with Gasteiger partial charge in [0.05, 0.1) is 0 Å². The summed E-state index contributed by atoms with van der Waals surface area (Å²) in [5.41, 5.74) is 4.12. The van der Waals surface area contributed by atoms with Crippen molar-refractivity contribution in [1.29, 1.82) is 0 Å². The zero-order valence-corrected chi connectivity index (χ0v) is 10.3. The molecule has 1 nitrogen and oxygen atoms in total. The summed E-state index contributed by atoms with van der Waals surface area (Å²) in [6.45, 7) is 5.48. The molecule has 1 aromatic rings. The topological polar surface area (TPSA) is 12.0 Å². The Balaban J connectivity index is 1.82. The van der Waals surface area contributed by atoms with Crippen LogP contribution in [0.2, 0.25) is 0 Å². The van der Waals surface area contributed by atoms with Crippen molar-refractivity contribution >= 4 is 6.08 Å². The van der Waals surface area contributed by atoms with E-state index in [4.69, 9.17) is 0 Å². The van der Waals surface area contributed by atoms with Crippen LogP contribution in [0.25, 0.3) is 6.08 Å². The summed E-state index contributed by atoms with van der Waals surface area (Å²) in [7, 11) is 0. The molecule has 0 atom stereocenters. The first-order valence-electron chi connectivity index (χ1n) is 6.23. The maximum absolute atomic E-state index is 3.52. The number of rotatable bonds is 5. The van der Waals surface area contributed by atoms with E-state index in [0.717, 1.165) is 19.0 Å². The van der Waals surface area contributed by atoms with E-state index in [9.17, 15) is 0 Å². The van der Waals surface area contributed by atoms with Crippen LogP contribution in [0, 0.1) is 13.8 Å². The van der Waals surface area contributed by atoms with Gasteiger partial charge in [-0.2, -0.15) is 0 Å². The molecule has 2 rings (SSSR count). The molecule has 1 aliphatic rings. The van der Waals surface area contributed by atoms with Gasteiger partial charge in [-0.1, -0.05) is 30.4 Å². The first kappa shape index (κ1) is 11.4. The van der Waals surface area contributed by atoms with Crippen LogP contribution in [0.15, 0.2) is 24.3 Å². The van der Waals surface area contributed by atoms with Gasteiger partial charge in [-0.05, 0) is 56.3 Å². The number of hydrogen-bond donors (Lipinski definition) is 1. The van der Waals surface area contributed by atoms with Gasteiger partial charge in [0.15, 0.2) is 0 Å². The quantitative estimate of drug-likeness (QED) is 0.742. The highest BCUT2D eigenvalue weighted by Crippen LogP contribution is 2.18. The Hall–Kier alpha value is -1.08. The van der Waals surface area contributed by atoms with Gasteiger partial charge in [0.2, 0.25) is 0 Å². The minimum Gasteiger partial charge on any atom is -0.314 e. The van der Waals surface area contributed by atoms with Crippen LogP contribution in [0.4, 0.5) is 0 Å².